The highest BCUT2D eigenvalue weighted by atomic mass is 35.5. The molecule has 1 unspecified atom stereocenters. The first-order valence-corrected chi connectivity index (χ1v) is 12.4. The Balaban J connectivity index is 1.64. The summed E-state index contributed by atoms with van der Waals surface area (Å²) in [5.74, 6) is -0.182. The normalized spacial score (nSPS) is 17.8. The van der Waals surface area contributed by atoms with Gasteiger partial charge in [-0.25, -0.2) is 8.42 Å². The molecule has 158 valence electrons. The molecule has 1 aromatic heterocycles. The molecule has 0 saturated carbocycles. The van der Waals surface area contributed by atoms with E-state index in [1.807, 2.05) is 17.5 Å². The smallest absolute Gasteiger partial charge is 0.243 e. The van der Waals surface area contributed by atoms with Crippen LogP contribution in [-0.4, -0.2) is 31.7 Å². The van der Waals surface area contributed by atoms with E-state index < -0.39 is 10.0 Å². The van der Waals surface area contributed by atoms with Crippen LogP contribution < -0.4 is 5.32 Å². The predicted molar refractivity (Wildman–Crippen MR) is 118 cm³/mol. The van der Waals surface area contributed by atoms with Crippen molar-refractivity contribution in [1.29, 1.82) is 0 Å². The van der Waals surface area contributed by atoms with Crippen LogP contribution in [0.3, 0.4) is 0 Å². The van der Waals surface area contributed by atoms with E-state index in [-0.39, 0.29) is 28.2 Å². The van der Waals surface area contributed by atoms with Gasteiger partial charge in [0.05, 0.1) is 10.9 Å². The van der Waals surface area contributed by atoms with Crippen LogP contribution in [-0.2, 0) is 14.8 Å². The fourth-order valence-electron chi connectivity index (χ4n) is 3.54. The number of nitrogens with zero attached hydrogens (tertiary/aromatic N) is 1. The largest absolute Gasteiger partial charge is 0.348 e. The fourth-order valence-corrected chi connectivity index (χ4v) is 6.16. The molecule has 5 nitrogen and oxygen atoms in total. The van der Waals surface area contributed by atoms with Crippen LogP contribution in [0.5, 0.6) is 0 Å². The minimum atomic E-state index is -3.57. The minimum absolute atomic E-state index is 0.00173. The summed E-state index contributed by atoms with van der Waals surface area (Å²) in [5, 5.41) is 5.72. The Hall–Kier alpha value is -1.41. The maximum atomic E-state index is 12.9. The van der Waals surface area contributed by atoms with Crippen LogP contribution in [0.2, 0.25) is 5.02 Å². The lowest BCUT2D eigenvalue weighted by atomic mass is 9.85. The van der Waals surface area contributed by atoms with Crippen molar-refractivity contribution in [3.05, 3.63) is 51.7 Å². The third-order valence-electron chi connectivity index (χ3n) is 5.26. The van der Waals surface area contributed by atoms with Gasteiger partial charge in [-0.05, 0) is 54.0 Å². The number of nitrogens with one attached hydrogen (secondary N) is 1. The summed E-state index contributed by atoms with van der Waals surface area (Å²) in [5.41, 5.74) is -0.112. The van der Waals surface area contributed by atoms with Crippen LogP contribution in [0.15, 0.2) is 46.7 Å². The Bertz CT molecular complexity index is 927. The Morgan fingerprint density at radius 1 is 1.17 bits per heavy atom. The average Bonchev–Trinajstić information content (AvgIpc) is 3.19. The molecule has 29 heavy (non-hydrogen) atoms. The van der Waals surface area contributed by atoms with E-state index in [9.17, 15) is 13.2 Å². The lowest BCUT2D eigenvalue weighted by Crippen LogP contribution is -2.45. The van der Waals surface area contributed by atoms with Gasteiger partial charge < -0.3 is 5.32 Å². The highest BCUT2D eigenvalue weighted by Crippen LogP contribution is 2.36. The van der Waals surface area contributed by atoms with Crippen molar-refractivity contribution in [1.82, 2.24) is 9.62 Å². The van der Waals surface area contributed by atoms with E-state index in [1.54, 1.807) is 23.5 Å². The summed E-state index contributed by atoms with van der Waals surface area (Å²) >= 11 is 7.50. The molecule has 0 radical (unpaired) electrons. The third kappa shape index (κ3) is 5.20. The molecule has 3 rings (SSSR count). The second kappa shape index (κ2) is 8.76. The van der Waals surface area contributed by atoms with Gasteiger partial charge in [0.15, 0.2) is 0 Å². The molecule has 0 bridgehead atoms. The lowest BCUT2D eigenvalue weighted by molar-refractivity contribution is -0.127. The molecule has 2 aromatic rings. The van der Waals surface area contributed by atoms with Gasteiger partial charge in [-0.1, -0.05) is 38.4 Å². The average molecular weight is 455 g/mol. The second-order valence-electron chi connectivity index (χ2n) is 8.46. The van der Waals surface area contributed by atoms with Crippen molar-refractivity contribution in [2.75, 3.05) is 13.1 Å². The summed E-state index contributed by atoms with van der Waals surface area (Å²) in [4.78, 5) is 14.3. The number of thiophene rings is 1. The van der Waals surface area contributed by atoms with E-state index in [1.165, 1.54) is 16.4 Å². The highest BCUT2D eigenvalue weighted by molar-refractivity contribution is 7.89. The van der Waals surface area contributed by atoms with Crippen molar-refractivity contribution in [3.8, 4) is 0 Å². The molecule has 1 aliphatic rings. The molecule has 1 fully saturated rings. The van der Waals surface area contributed by atoms with Gasteiger partial charge in [0.1, 0.15) is 0 Å². The Morgan fingerprint density at radius 3 is 2.31 bits per heavy atom. The number of halogens is 1. The summed E-state index contributed by atoms with van der Waals surface area (Å²) in [7, 11) is -3.57. The molecule has 1 aromatic carbocycles. The van der Waals surface area contributed by atoms with Gasteiger partial charge in [-0.3, -0.25) is 4.79 Å². The Morgan fingerprint density at radius 2 is 1.79 bits per heavy atom. The SMILES string of the molecule is CC(C)(C)C(NC(=O)C1CCN(S(=O)(=O)c2ccc(Cl)cc2)CC1)c1cccs1. The lowest BCUT2D eigenvalue weighted by Gasteiger charge is -2.34. The number of carbonyl (C=O) groups is 1. The fraction of sp³-hybridized carbons (Fsp3) is 0.476. The summed E-state index contributed by atoms with van der Waals surface area (Å²) in [6.45, 7) is 7.00. The van der Waals surface area contributed by atoms with E-state index >= 15 is 0 Å². The first-order chi connectivity index (χ1) is 13.6. The Labute approximate surface area is 182 Å². The highest BCUT2D eigenvalue weighted by Gasteiger charge is 2.35. The van der Waals surface area contributed by atoms with E-state index in [2.05, 4.69) is 26.1 Å². The number of carbonyl (C=O) groups excluding carboxylic acids is 1. The van der Waals surface area contributed by atoms with Crippen molar-refractivity contribution in [3.63, 3.8) is 0 Å². The number of amides is 1. The van der Waals surface area contributed by atoms with Crippen LogP contribution in [0, 0.1) is 11.3 Å². The number of hydrogen-bond acceptors (Lipinski definition) is 4. The predicted octanol–water partition coefficient (Wildman–Crippen LogP) is 4.71. The zero-order chi connectivity index (χ0) is 21.2. The van der Waals surface area contributed by atoms with Crippen LogP contribution >= 0.6 is 22.9 Å². The van der Waals surface area contributed by atoms with Gasteiger partial charge in [-0.2, -0.15) is 4.31 Å². The monoisotopic (exact) mass is 454 g/mol. The first kappa shape index (κ1) is 22.3. The molecule has 1 amide bonds. The number of rotatable bonds is 5. The molecule has 0 spiro atoms. The van der Waals surface area contributed by atoms with Crippen LogP contribution in [0.4, 0.5) is 0 Å². The maximum Gasteiger partial charge on any atom is 0.243 e. The molecule has 0 aliphatic carbocycles. The zero-order valence-electron chi connectivity index (χ0n) is 16.9. The van der Waals surface area contributed by atoms with E-state index in [4.69, 9.17) is 11.6 Å². The second-order valence-corrected chi connectivity index (χ2v) is 11.8. The zero-order valence-corrected chi connectivity index (χ0v) is 19.3. The van der Waals surface area contributed by atoms with E-state index in [0.717, 1.165) is 4.88 Å². The van der Waals surface area contributed by atoms with Gasteiger partial charge in [-0.15, -0.1) is 11.3 Å². The van der Waals surface area contributed by atoms with Crippen LogP contribution in [0.1, 0.15) is 44.5 Å². The molecular weight excluding hydrogens is 428 g/mol. The van der Waals surface area contributed by atoms with Gasteiger partial charge >= 0.3 is 0 Å². The van der Waals surface area contributed by atoms with Gasteiger partial charge in [0.25, 0.3) is 0 Å². The maximum absolute atomic E-state index is 12.9. The Kier molecular flexibility index (Phi) is 6.73. The molecule has 2 heterocycles. The molecule has 1 N–H and O–H groups in total. The summed E-state index contributed by atoms with van der Waals surface area (Å²) in [6, 6.07) is 10.2. The molecular formula is C21H27ClN2O3S2. The molecule has 1 aliphatic heterocycles. The van der Waals surface area contributed by atoms with Crippen molar-refractivity contribution in [2.24, 2.45) is 11.3 Å². The molecule has 8 heteroatoms. The van der Waals surface area contributed by atoms with Gasteiger partial charge in [0.2, 0.25) is 15.9 Å². The topological polar surface area (TPSA) is 66.5 Å². The molecule has 1 saturated heterocycles. The standard InChI is InChI=1S/C21H27ClN2O3S2/c1-21(2,3)19(18-5-4-14-28-18)23-20(25)15-10-12-24(13-11-15)29(26,27)17-8-6-16(22)7-9-17/h4-9,14-15,19H,10-13H2,1-3H3,(H,23,25). The van der Waals surface area contributed by atoms with E-state index in [0.29, 0.717) is 31.0 Å². The summed E-state index contributed by atoms with van der Waals surface area (Å²) < 4.78 is 27.1. The van der Waals surface area contributed by atoms with Crippen LogP contribution in [0.25, 0.3) is 0 Å². The number of benzene rings is 1. The van der Waals surface area contributed by atoms with Crippen molar-refractivity contribution < 1.29 is 13.2 Å². The van der Waals surface area contributed by atoms with Gasteiger partial charge in [0, 0.05) is 28.9 Å². The third-order valence-corrected chi connectivity index (χ3v) is 8.36. The number of hydrogen-bond donors (Lipinski definition) is 1. The number of piperidine rings is 1. The quantitative estimate of drug-likeness (QED) is 0.711. The van der Waals surface area contributed by atoms with Crippen molar-refractivity contribution >= 4 is 38.9 Å². The molecule has 1 atom stereocenters. The summed E-state index contributed by atoms with van der Waals surface area (Å²) in [6.07, 6.45) is 1.03. The minimum Gasteiger partial charge on any atom is -0.348 e. The first-order valence-electron chi connectivity index (χ1n) is 9.68. The number of sulfonamides is 1. The van der Waals surface area contributed by atoms with Crippen molar-refractivity contribution in [2.45, 2.75) is 44.6 Å².